The Balaban J connectivity index is 1.62. The highest BCUT2D eigenvalue weighted by Gasteiger charge is 2.44. The third-order valence-electron chi connectivity index (χ3n) is 4.33. The highest BCUT2D eigenvalue weighted by atomic mass is 32.1. The number of imide groups is 2. The van der Waals surface area contributed by atoms with E-state index in [0.29, 0.717) is 10.7 Å². The van der Waals surface area contributed by atoms with Crippen LogP contribution >= 0.6 is 11.3 Å². The first-order chi connectivity index (χ1) is 13.8. The number of urea groups is 1. The summed E-state index contributed by atoms with van der Waals surface area (Å²) in [6, 6.07) is 6.85. The molecule has 3 rings (SSSR count). The van der Waals surface area contributed by atoms with Crippen LogP contribution in [0.15, 0.2) is 29.6 Å². The van der Waals surface area contributed by atoms with E-state index in [1.807, 2.05) is 45.0 Å². The van der Waals surface area contributed by atoms with Crippen molar-refractivity contribution in [3.05, 3.63) is 45.9 Å². The molecule has 1 aromatic carbocycles. The second-order valence-corrected chi connectivity index (χ2v) is 8.20. The SMILES string of the molecule is Cc1ccccc1NC(=O)Cc1nc(CN2C(=O)C(=O)N(CC(C)C)C2=O)cs1. The van der Waals surface area contributed by atoms with Gasteiger partial charge < -0.3 is 5.32 Å². The van der Waals surface area contributed by atoms with Crippen LogP contribution in [0.1, 0.15) is 30.1 Å². The Labute approximate surface area is 172 Å². The second kappa shape index (κ2) is 8.52. The zero-order valence-corrected chi connectivity index (χ0v) is 17.3. The first kappa shape index (κ1) is 20.7. The third kappa shape index (κ3) is 4.68. The molecule has 5 amide bonds. The maximum absolute atomic E-state index is 12.4. The monoisotopic (exact) mass is 414 g/mol. The number of amides is 5. The van der Waals surface area contributed by atoms with E-state index in [1.165, 1.54) is 11.3 Å². The van der Waals surface area contributed by atoms with Crippen molar-refractivity contribution in [2.75, 3.05) is 11.9 Å². The molecule has 1 aliphatic rings. The number of carbonyl (C=O) groups is 4. The largest absolute Gasteiger partial charge is 0.334 e. The summed E-state index contributed by atoms with van der Waals surface area (Å²) in [4.78, 5) is 55.1. The summed E-state index contributed by atoms with van der Waals surface area (Å²) < 4.78 is 0. The molecule has 1 aliphatic heterocycles. The molecule has 0 atom stereocenters. The molecule has 1 saturated heterocycles. The number of benzene rings is 1. The Morgan fingerprint density at radius 1 is 1.14 bits per heavy atom. The number of para-hydroxylation sites is 1. The lowest BCUT2D eigenvalue weighted by atomic mass is 10.2. The highest BCUT2D eigenvalue weighted by molar-refractivity contribution is 7.09. The summed E-state index contributed by atoms with van der Waals surface area (Å²) in [6.07, 6.45) is 0.0826. The number of aryl methyl sites for hydroxylation is 1. The molecular formula is C20H22N4O4S. The summed E-state index contributed by atoms with van der Waals surface area (Å²) >= 11 is 1.27. The van der Waals surface area contributed by atoms with Gasteiger partial charge in [0.25, 0.3) is 0 Å². The molecule has 1 fully saturated rings. The van der Waals surface area contributed by atoms with Gasteiger partial charge in [0.1, 0.15) is 5.01 Å². The molecular weight excluding hydrogens is 392 g/mol. The summed E-state index contributed by atoms with van der Waals surface area (Å²) in [5.74, 6) is -1.79. The van der Waals surface area contributed by atoms with E-state index >= 15 is 0 Å². The van der Waals surface area contributed by atoms with E-state index in [1.54, 1.807) is 5.38 Å². The lowest BCUT2D eigenvalue weighted by Crippen LogP contribution is -2.35. The molecule has 9 heteroatoms. The number of hydrogen-bond donors (Lipinski definition) is 1. The molecule has 2 heterocycles. The van der Waals surface area contributed by atoms with E-state index in [-0.39, 0.29) is 31.3 Å². The van der Waals surface area contributed by atoms with Gasteiger partial charge in [0.2, 0.25) is 5.91 Å². The van der Waals surface area contributed by atoms with Gasteiger partial charge in [-0.25, -0.2) is 14.7 Å². The van der Waals surface area contributed by atoms with Crippen LogP contribution in [0.5, 0.6) is 0 Å². The first-order valence-corrected chi connectivity index (χ1v) is 10.1. The van der Waals surface area contributed by atoms with E-state index in [2.05, 4.69) is 10.3 Å². The predicted octanol–water partition coefficient (Wildman–Crippen LogP) is 2.58. The fraction of sp³-hybridized carbons (Fsp3) is 0.350. The zero-order valence-electron chi connectivity index (χ0n) is 16.5. The van der Waals surface area contributed by atoms with Gasteiger partial charge in [-0.15, -0.1) is 11.3 Å². The smallest absolute Gasteiger partial charge is 0.325 e. The predicted molar refractivity (Wildman–Crippen MR) is 108 cm³/mol. The zero-order chi connectivity index (χ0) is 21.1. The number of hydrogen-bond acceptors (Lipinski definition) is 6. The lowest BCUT2D eigenvalue weighted by Gasteiger charge is -2.16. The topological polar surface area (TPSA) is 99.7 Å². The average molecular weight is 414 g/mol. The normalized spacial score (nSPS) is 14.3. The fourth-order valence-corrected chi connectivity index (χ4v) is 3.71. The third-order valence-corrected chi connectivity index (χ3v) is 5.23. The minimum Gasteiger partial charge on any atom is -0.325 e. The van der Waals surface area contributed by atoms with E-state index in [9.17, 15) is 19.2 Å². The van der Waals surface area contributed by atoms with E-state index in [4.69, 9.17) is 0 Å². The van der Waals surface area contributed by atoms with Crippen molar-refractivity contribution in [1.82, 2.24) is 14.8 Å². The van der Waals surface area contributed by atoms with Crippen molar-refractivity contribution in [2.45, 2.75) is 33.7 Å². The Hall–Kier alpha value is -3.07. The number of rotatable bonds is 7. The van der Waals surface area contributed by atoms with Gasteiger partial charge in [-0.05, 0) is 24.5 Å². The number of anilines is 1. The Morgan fingerprint density at radius 3 is 2.52 bits per heavy atom. The molecule has 1 aromatic heterocycles. The van der Waals surface area contributed by atoms with Gasteiger partial charge in [0, 0.05) is 17.6 Å². The van der Waals surface area contributed by atoms with Crippen molar-refractivity contribution in [2.24, 2.45) is 5.92 Å². The Morgan fingerprint density at radius 2 is 1.83 bits per heavy atom. The lowest BCUT2D eigenvalue weighted by molar-refractivity contribution is -0.143. The summed E-state index contributed by atoms with van der Waals surface area (Å²) in [5.41, 5.74) is 2.17. The van der Waals surface area contributed by atoms with Gasteiger partial charge in [-0.3, -0.25) is 19.3 Å². The van der Waals surface area contributed by atoms with Crippen molar-refractivity contribution in [3.8, 4) is 0 Å². The number of aromatic nitrogens is 1. The summed E-state index contributed by atoms with van der Waals surface area (Å²) in [7, 11) is 0. The van der Waals surface area contributed by atoms with E-state index in [0.717, 1.165) is 21.1 Å². The standard InChI is InChI=1S/C20H22N4O4S/c1-12(2)9-23-18(26)19(27)24(20(23)28)10-14-11-29-17(21-14)8-16(25)22-15-7-5-4-6-13(15)3/h4-7,11-12H,8-10H2,1-3H3,(H,22,25). The van der Waals surface area contributed by atoms with Crippen molar-refractivity contribution in [1.29, 1.82) is 0 Å². The average Bonchev–Trinajstić information content (AvgIpc) is 3.17. The molecule has 0 radical (unpaired) electrons. The van der Waals surface area contributed by atoms with Crippen LogP contribution in [0.25, 0.3) is 0 Å². The second-order valence-electron chi connectivity index (χ2n) is 7.26. The first-order valence-electron chi connectivity index (χ1n) is 9.22. The van der Waals surface area contributed by atoms with E-state index < -0.39 is 17.8 Å². The van der Waals surface area contributed by atoms with Crippen molar-refractivity contribution in [3.63, 3.8) is 0 Å². The minimum absolute atomic E-state index is 0.0632. The van der Waals surface area contributed by atoms with Crippen molar-refractivity contribution >= 4 is 40.8 Å². The quantitative estimate of drug-likeness (QED) is 0.554. The molecule has 1 N–H and O–H groups in total. The van der Waals surface area contributed by atoms with Gasteiger partial charge in [0.05, 0.1) is 18.7 Å². The minimum atomic E-state index is -0.845. The molecule has 0 bridgehead atoms. The molecule has 8 nitrogen and oxygen atoms in total. The van der Waals surface area contributed by atoms with Crippen LogP contribution < -0.4 is 5.32 Å². The number of carbonyl (C=O) groups excluding carboxylic acids is 4. The van der Waals surface area contributed by atoms with Crippen molar-refractivity contribution < 1.29 is 19.2 Å². The van der Waals surface area contributed by atoms with Crippen LogP contribution in [0.2, 0.25) is 0 Å². The number of thiazole rings is 1. The van der Waals surface area contributed by atoms with Gasteiger partial charge in [0.15, 0.2) is 0 Å². The fourth-order valence-electron chi connectivity index (χ4n) is 2.93. The van der Waals surface area contributed by atoms with Crippen LogP contribution in [0, 0.1) is 12.8 Å². The molecule has 0 aliphatic carbocycles. The molecule has 0 spiro atoms. The summed E-state index contributed by atoms with van der Waals surface area (Å²) in [6.45, 7) is 5.74. The maximum atomic E-state index is 12.4. The van der Waals surface area contributed by atoms with Crippen LogP contribution in [0.3, 0.4) is 0 Å². The van der Waals surface area contributed by atoms with Crippen LogP contribution in [-0.4, -0.2) is 45.1 Å². The maximum Gasteiger partial charge on any atom is 0.334 e. The highest BCUT2D eigenvalue weighted by Crippen LogP contribution is 2.20. The summed E-state index contributed by atoms with van der Waals surface area (Å²) in [5, 5.41) is 5.10. The Bertz CT molecular complexity index is 969. The number of nitrogens with zero attached hydrogens (tertiary/aromatic N) is 3. The van der Waals surface area contributed by atoms with Crippen LogP contribution in [-0.2, 0) is 27.3 Å². The van der Waals surface area contributed by atoms with Gasteiger partial charge >= 0.3 is 17.8 Å². The molecule has 29 heavy (non-hydrogen) atoms. The van der Waals surface area contributed by atoms with Gasteiger partial charge in [-0.1, -0.05) is 32.0 Å². The molecule has 2 aromatic rings. The Kier molecular flexibility index (Phi) is 6.07. The van der Waals surface area contributed by atoms with Gasteiger partial charge in [-0.2, -0.15) is 0 Å². The number of nitrogens with one attached hydrogen (secondary N) is 1. The molecule has 0 saturated carbocycles. The molecule has 152 valence electrons. The molecule has 0 unspecified atom stereocenters. The van der Waals surface area contributed by atoms with Crippen LogP contribution in [0.4, 0.5) is 10.5 Å².